The first kappa shape index (κ1) is 27.3. The molecule has 2 fully saturated rings. The van der Waals surface area contributed by atoms with Crippen LogP contribution in [0, 0.1) is 0 Å². The molecule has 0 bridgehead atoms. The van der Waals surface area contributed by atoms with Gasteiger partial charge in [0.25, 0.3) is 11.8 Å². The molecule has 8 nitrogen and oxygen atoms in total. The molecule has 0 aromatic heterocycles. The lowest BCUT2D eigenvalue weighted by atomic mass is 10.0. The van der Waals surface area contributed by atoms with E-state index in [1.54, 1.807) is 17.6 Å². The Morgan fingerprint density at radius 2 is 1.49 bits per heavy atom. The van der Waals surface area contributed by atoms with E-state index in [2.05, 4.69) is 54.5 Å². The van der Waals surface area contributed by atoms with E-state index in [4.69, 9.17) is 5.21 Å². The monoisotopic (exact) mass is 507 g/mol. The average Bonchev–Trinajstić information content (AvgIpc) is 2.88. The van der Waals surface area contributed by atoms with Crippen molar-refractivity contribution in [2.45, 2.75) is 58.9 Å². The van der Waals surface area contributed by atoms with E-state index < -0.39 is 5.91 Å². The summed E-state index contributed by atoms with van der Waals surface area (Å²) in [5.74, 6) is -0.413. The Kier molecular flexibility index (Phi) is 8.97. The Labute approximate surface area is 220 Å². The maximum absolute atomic E-state index is 13.6. The molecule has 2 aromatic rings. The topological polar surface area (TPSA) is 79.4 Å². The number of amides is 2. The minimum Gasteiger partial charge on any atom is -0.331 e. The fourth-order valence-corrected chi connectivity index (χ4v) is 5.69. The van der Waals surface area contributed by atoms with Crippen molar-refractivity contribution >= 4 is 11.8 Å². The Bertz CT molecular complexity index is 1050. The Balaban J connectivity index is 1.35. The van der Waals surface area contributed by atoms with Gasteiger partial charge in [-0.1, -0.05) is 24.3 Å². The van der Waals surface area contributed by atoms with Gasteiger partial charge in [-0.2, -0.15) is 0 Å². The van der Waals surface area contributed by atoms with Crippen LogP contribution in [0.4, 0.5) is 0 Å². The molecule has 0 saturated carbocycles. The molecule has 4 rings (SSSR count). The van der Waals surface area contributed by atoms with E-state index in [-0.39, 0.29) is 18.0 Å². The summed E-state index contributed by atoms with van der Waals surface area (Å²) in [5.41, 5.74) is 5.14. The van der Waals surface area contributed by atoms with Gasteiger partial charge in [-0.15, -0.1) is 0 Å². The third-order valence-corrected chi connectivity index (χ3v) is 7.67. The molecule has 8 heteroatoms. The second kappa shape index (κ2) is 12.2. The third kappa shape index (κ3) is 6.76. The van der Waals surface area contributed by atoms with E-state index >= 15 is 0 Å². The third-order valence-electron chi connectivity index (χ3n) is 7.67. The second-order valence-corrected chi connectivity index (χ2v) is 10.8. The lowest BCUT2D eigenvalue weighted by Crippen LogP contribution is -2.58. The fourth-order valence-electron chi connectivity index (χ4n) is 5.69. The zero-order valence-corrected chi connectivity index (χ0v) is 22.6. The van der Waals surface area contributed by atoms with Crippen LogP contribution in [0.15, 0.2) is 48.5 Å². The van der Waals surface area contributed by atoms with Crippen LogP contribution >= 0.6 is 0 Å². The summed E-state index contributed by atoms with van der Waals surface area (Å²) in [5, 5.41) is 8.80. The molecule has 2 aliphatic heterocycles. The number of hydrogen-bond acceptors (Lipinski definition) is 6. The number of carbonyl (C=O) groups is 2. The second-order valence-electron chi connectivity index (χ2n) is 10.8. The molecule has 200 valence electrons. The highest BCUT2D eigenvalue weighted by Gasteiger charge is 2.33. The molecule has 2 aromatic carbocycles. The predicted octanol–water partition coefficient (Wildman–Crippen LogP) is 3.07. The van der Waals surface area contributed by atoms with Gasteiger partial charge in [-0.25, -0.2) is 5.48 Å². The van der Waals surface area contributed by atoms with Crippen molar-refractivity contribution in [3.05, 3.63) is 70.8 Å². The van der Waals surface area contributed by atoms with Gasteiger partial charge in [-0.3, -0.25) is 29.5 Å². The van der Waals surface area contributed by atoms with Gasteiger partial charge >= 0.3 is 0 Å². The Morgan fingerprint density at radius 1 is 0.865 bits per heavy atom. The van der Waals surface area contributed by atoms with Crippen molar-refractivity contribution in [2.75, 3.05) is 39.3 Å². The highest BCUT2D eigenvalue weighted by Crippen LogP contribution is 2.22. The van der Waals surface area contributed by atoms with Gasteiger partial charge in [0.1, 0.15) is 0 Å². The molecule has 2 heterocycles. The molecular weight excluding hydrogens is 466 g/mol. The fraction of sp³-hybridized carbons (Fsp3) is 0.517. The first-order chi connectivity index (χ1) is 17.7. The molecule has 37 heavy (non-hydrogen) atoms. The molecule has 2 atom stereocenters. The number of carbonyl (C=O) groups excluding carboxylic acids is 2. The van der Waals surface area contributed by atoms with Crippen LogP contribution in [-0.4, -0.2) is 94.0 Å². The summed E-state index contributed by atoms with van der Waals surface area (Å²) in [7, 11) is 0. The number of nitrogens with zero attached hydrogens (tertiary/aromatic N) is 4. The van der Waals surface area contributed by atoms with Crippen LogP contribution in [-0.2, 0) is 13.1 Å². The number of nitrogens with one attached hydrogen (secondary N) is 1. The van der Waals surface area contributed by atoms with Crippen LogP contribution in [0.5, 0.6) is 0 Å². The highest BCUT2D eigenvalue weighted by molar-refractivity contribution is 5.95. The van der Waals surface area contributed by atoms with Crippen LogP contribution < -0.4 is 5.48 Å². The maximum Gasteiger partial charge on any atom is 0.274 e. The van der Waals surface area contributed by atoms with Crippen molar-refractivity contribution < 1.29 is 14.8 Å². The lowest BCUT2D eigenvalue weighted by Gasteiger charge is -2.44. The molecule has 2 saturated heterocycles. The van der Waals surface area contributed by atoms with Crippen molar-refractivity contribution in [1.82, 2.24) is 25.1 Å². The first-order valence-corrected chi connectivity index (χ1v) is 13.4. The van der Waals surface area contributed by atoms with E-state index in [1.807, 2.05) is 29.2 Å². The average molecular weight is 508 g/mol. The van der Waals surface area contributed by atoms with Crippen molar-refractivity contribution in [3.8, 4) is 0 Å². The number of benzene rings is 2. The summed E-state index contributed by atoms with van der Waals surface area (Å²) >= 11 is 0. The summed E-state index contributed by atoms with van der Waals surface area (Å²) in [6, 6.07) is 16.2. The summed E-state index contributed by atoms with van der Waals surface area (Å²) < 4.78 is 0. The Morgan fingerprint density at radius 3 is 2.08 bits per heavy atom. The first-order valence-electron chi connectivity index (χ1n) is 13.4. The van der Waals surface area contributed by atoms with Gasteiger partial charge < -0.3 is 4.90 Å². The molecule has 2 amide bonds. The van der Waals surface area contributed by atoms with Gasteiger partial charge in [0.05, 0.1) is 0 Å². The van der Waals surface area contributed by atoms with Gasteiger partial charge in [0, 0.05) is 81.6 Å². The molecule has 0 spiro atoms. The quantitative estimate of drug-likeness (QED) is 0.443. The highest BCUT2D eigenvalue weighted by atomic mass is 16.5. The predicted molar refractivity (Wildman–Crippen MR) is 144 cm³/mol. The molecule has 0 radical (unpaired) electrons. The minimum atomic E-state index is -0.515. The van der Waals surface area contributed by atoms with Crippen LogP contribution in [0.25, 0.3) is 0 Å². The number of piperazine rings is 2. The van der Waals surface area contributed by atoms with Crippen molar-refractivity contribution in [1.29, 1.82) is 0 Å². The largest absolute Gasteiger partial charge is 0.331 e. The SMILES string of the molecule is CC(C)N1CCN(Cc2cccc(C(=O)N3[C@H](C)CN(Cc4ccc(C(=O)NO)cc4)C[C@@H]3C)c2)CC1. The Hall–Kier alpha value is -2.78. The van der Waals surface area contributed by atoms with Crippen LogP contribution in [0.2, 0.25) is 0 Å². The van der Waals surface area contributed by atoms with Crippen LogP contribution in [0.3, 0.4) is 0 Å². The number of hydrogen-bond donors (Lipinski definition) is 2. The zero-order chi connectivity index (χ0) is 26.5. The molecular formula is C29H41N5O3. The van der Waals surface area contributed by atoms with E-state index in [0.29, 0.717) is 11.6 Å². The van der Waals surface area contributed by atoms with Crippen molar-refractivity contribution in [2.24, 2.45) is 0 Å². The van der Waals surface area contributed by atoms with E-state index in [9.17, 15) is 9.59 Å². The van der Waals surface area contributed by atoms with E-state index in [0.717, 1.165) is 63.5 Å². The summed E-state index contributed by atoms with van der Waals surface area (Å²) in [6.45, 7) is 16.3. The molecule has 0 unspecified atom stereocenters. The standard InChI is InChI=1S/C29H41N5O3/c1-21(2)33-14-12-31(13-15-33)20-25-6-5-7-27(16-25)29(36)34-22(3)17-32(18-23(34)4)19-24-8-10-26(11-9-24)28(35)30-37/h5-11,16,21-23,37H,12-15,17-20H2,1-4H3,(H,30,35)/t22-,23+. The van der Waals surface area contributed by atoms with Gasteiger partial charge in [-0.05, 0) is 63.1 Å². The molecule has 0 aliphatic carbocycles. The smallest absolute Gasteiger partial charge is 0.274 e. The normalized spacial score (nSPS) is 21.8. The lowest BCUT2D eigenvalue weighted by molar-refractivity contribution is 0.0268. The van der Waals surface area contributed by atoms with Crippen molar-refractivity contribution in [3.63, 3.8) is 0 Å². The van der Waals surface area contributed by atoms with Crippen LogP contribution in [0.1, 0.15) is 59.5 Å². The maximum atomic E-state index is 13.6. The zero-order valence-electron chi connectivity index (χ0n) is 22.6. The molecule has 2 N–H and O–H groups in total. The minimum absolute atomic E-state index is 0.0865. The number of hydroxylamine groups is 1. The number of rotatable bonds is 7. The van der Waals surface area contributed by atoms with E-state index in [1.165, 1.54) is 5.56 Å². The summed E-state index contributed by atoms with van der Waals surface area (Å²) in [6.07, 6.45) is 0. The van der Waals surface area contributed by atoms with Gasteiger partial charge in [0.2, 0.25) is 0 Å². The molecule has 2 aliphatic rings. The summed E-state index contributed by atoms with van der Waals surface area (Å²) in [4.78, 5) is 34.6. The van der Waals surface area contributed by atoms with Gasteiger partial charge in [0.15, 0.2) is 0 Å².